The van der Waals surface area contributed by atoms with Crippen molar-refractivity contribution in [1.29, 1.82) is 0 Å². The molecule has 1 N–H and O–H groups in total. The van der Waals surface area contributed by atoms with Gasteiger partial charge in [0.05, 0.1) is 11.6 Å². The molecule has 1 aromatic rings. The van der Waals surface area contributed by atoms with Gasteiger partial charge in [-0.15, -0.1) is 0 Å². The van der Waals surface area contributed by atoms with E-state index in [1.54, 1.807) is 12.1 Å². The van der Waals surface area contributed by atoms with Crippen molar-refractivity contribution in [2.45, 2.75) is 49.5 Å². The SMILES string of the molecule is O=C1O[C@@]23C[C@@H](C=CC2=C1C(O)c1ccccc1F)N1CCCC[C@H]13. The number of hydrogen-bond acceptors (Lipinski definition) is 4. The Morgan fingerprint density at radius 1 is 1.32 bits per heavy atom. The van der Waals surface area contributed by atoms with E-state index in [1.807, 2.05) is 6.08 Å². The smallest absolute Gasteiger partial charge is 0.338 e. The van der Waals surface area contributed by atoms with Crippen molar-refractivity contribution in [2.75, 3.05) is 6.54 Å². The molecule has 1 aliphatic carbocycles. The molecular formula is C20H20FNO3. The van der Waals surface area contributed by atoms with Crippen molar-refractivity contribution in [1.82, 2.24) is 4.90 Å². The first-order valence-electron chi connectivity index (χ1n) is 8.96. The zero-order valence-electron chi connectivity index (χ0n) is 13.8. The molecule has 4 atom stereocenters. The average Bonchev–Trinajstić information content (AvgIpc) is 3.06. The molecule has 0 saturated carbocycles. The summed E-state index contributed by atoms with van der Waals surface area (Å²) >= 11 is 0. The van der Waals surface area contributed by atoms with Gasteiger partial charge in [-0.25, -0.2) is 9.18 Å². The van der Waals surface area contributed by atoms with Gasteiger partial charge >= 0.3 is 5.97 Å². The van der Waals surface area contributed by atoms with Gasteiger partial charge in [0.25, 0.3) is 0 Å². The van der Waals surface area contributed by atoms with Gasteiger partial charge in [-0.3, -0.25) is 4.90 Å². The second-order valence-electron chi connectivity index (χ2n) is 7.41. The predicted molar refractivity (Wildman–Crippen MR) is 89.1 cm³/mol. The van der Waals surface area contributed by atoms with E-state index in [2.05, 4.69) is 11.0 Å². The fourth-order valence-corrected chi connectivity index (χ4v) is 5.16. The highest BCUT2D eigenvalue weighted by Crippen LogP contribution is 2.54. The van der Waals surface area contributed by atoms with Crippen molar-refractivity contribution in [3.05, 3.63) is 58.9 Å². The molecule has 3 aliphatic heterocycles. The number of halogens is 1. The fraction of sp³-hybridized carbons (Fsp3) is 0.450. The maximum Gasteiger partial charge on any atom is 0.338 e. The Labute approximate surface area is 145 Å². The molecule has 1 aromatic carbocycles. The Morgan fingerprint density at radius 2 is 2.16 bits per heavy atom. The minimum Gasteiger partial charge on any atom is -0.449 e. The first kappa shape index (κ1) is 15.3. The Kier molecular flexibility index (Phi) is 3.21. The second-order valence-corrected chi connectivity index (χ2v) is 7.41. The Morgan fingerprint density at radius 3 is 3.00 bits per heavy atom. The molecule has 4 aliphatic rings. The van der Waals surface area contributed by atoms with Crippen LogP contribution < -0.4 is 0 Å². The highest BCUT2D eigenvalue weighted by Gasteiger charge is 2.62. The van der Waals surface area contributed by atoms with Gasteiger partial charge < -0.3 is 9.84 Å². The number of aliphatic hydroxyl groups is 1. The first-order chi connectivity index (χ1) is 12.1. The number of esters is 1. The molecule has 3 heterocycles. The molecule has 0 amide bonds. The quantitative estimate of drug-likeness (QED) is 0.840. The van der Waals surface area contributed by atoms with E-state index in [-0.39, 0.29) is 23.2 Å². The van der Waals surface area contributed by atoms with E-state index in [0.717, 1.165) is 37.8 Å². The number of carbonyl (C=O) groups excluding carboxylic acids is 1. The summed E-state index contributed by atoms with van der Waals surface area (Å²) in [5.41, 5.74) is 0.400. The standard InChI is InChI=1S/C20H20FNO3/c21-15-6-2-1-5-13(15)18(23)17-14-9-8-12-11-20(14,25-19(17)24)16-7-3-4-10-22(12)16/h1-2,5-6,8-9,12,16,18,23H,3-4,7,10-11H2/t12-,16+,18?,20+/m1/s1. The van der Waals surface area contributed by atoms with Crippen molar-refractivity contribution < 1.29 is 19.0 Å². The number of piperidine rings is 1. The van der Waals surface area contributed by atoms with Gasteiger partial charge in [0, 0.05) is 23.6 Å². The molecular weight excluding hydrogens is 321 g/mol. The van der Waals surface area contributed by atoms with Crippen LogP contribution in [0.1, 0.15) is 37.4 Å². The molecule has 1 unspecified atom stereocenters. The molecule has 0 radical (unpaired) electrons. The van der Waals surface area contributed by atoms with Crippen molar-refractivity contribution in [2.24, 2.45) is 0 Å². The summed E-state index contributed by atoms with van der Waals surface area (Å²) in [5.74, 6) is -1.02. The van der Waals surface area contributed by atoms with Crippen molar-refractivity contribution in [3.8, 4) is 0 Å². The normalized spacial score (nSPS) is 34.7. The van der Waals surface area contributed by atoms with Crippen LogP contribution >= 0.6 is 0 Å². The van der Waals surface area contributed by atoms with Crippen LogP contribution in [0, 0.1) is 5.82 Å². The summed E-state index contributed by atoms with van der Waals surface area (Å²) in [6.45, 7) is 1.01. The summed E-state index contributed by atoms with van der Waals surface area (Å²) in [6, 6.07) is 6.49. The van der Waals surface area contributed by atoms with Crippen LogP contribution in [0.2, 0.25) is 0 Å². The van der Waals surface area contributed by atoms with Crippen LogP contribution in [-0.2, 0) is 9.53 Å². The second kappa shape index (κ2) is 5.26. The summed E-state index contributed by atoms with van der Waals surface area (Å²) in [7, 11) is 0. The van der Waals surface area contributed by atoms with E-state index in [0.29, 0.717) is 0 Å². The summed E-state index contributed by atoms with van der Waals surface area (Å²) in [4.78, 5) is 15.1. The number of ether oxygens (including phenoxy) is 1. The highest BCUT2D eigenvalue weighted by molar-refractivity contribution is 5.96. The lowest BCUT2D eigenvalue weighted by atomic mass is 9.78. The van der Waals surface area contributed by atoms with Crippen LogP contribution in [0.4, 0.5) is 4.39 Å². The zero-order valence-corrected chi connectivity index (χ0v) is 13.8. The van der Waals surface area contributed by atoms with Crippen molar-refractivity contribution in [3.63, 3.8) is 0 Å². The number of nitrogens with zero attached hydrogens (tertiary/aromatic N) is 1. The number of rotatable bonds is 2. The monoisotopic (exact) mass is 341 g/mol. The van der Waals surface area contributed by atoms with Gasteiger partial charge in [-0.05, 0) is 25.5 Å². The third-order valence-electron chi connectivity index (χ3n) is 6.22. The topological polar surface area (TPSA) is 49.8 Å². The molecule has 0 aromatic heterocycles. The lowest BCUT2D eigenvalue weighted by Gasteiger charge is -2.37. The average molecular weight is 341 g/mol. The molecule has 2 fully saturated rings. The van der Waals surface area contributed by atoms with Gasteiger partial charge in [-0.2, -0.15) is 0 Å². The van der Waals surface area contributed by atoms with Gasteiger partial charge in [0.15, 0.2) is 5.60 Å². The van der Waals surface area contributed by atoms with E-state index in [4.69, 9.17) is 4.74 Å². The van der Waals surface area contributed by atoms with Crippen LogP contribution in [-0.4, -0.2) is 40.2 Å². The number of benzene rings is 1. The molecule has 130 valence electrons. The van der Waals surface area contributed by atoms with Crippen LogP contribution in [0.15, 0.2) is 47.6 Å². The number of carbonyl (C=O) groups is 1. The molecule has 2 bridgehead atoms. The van der Waals surface area contributed by atoms with Gasteiger partial charge in [0.1, 0.15) is 11.9 Å². The van der Waals surface area contributed by atoms with Crippen LogP contribution in [0.5, 0.6) is 0 Å². The Balaban J connectivity index is 1.63. The molecule has 1 spiro atoms. The minimum atomic E-state index is -1.30. The molecule has 4 nitrogen and oxygen atoms in total. The van der Waals surface area contributed by atoms with E-state index >= 15 is 0 Å². The molecule has 5 rings (SSSR count). The van der Waals surface area contributed by atoms with Gasteiger partial charge in [-0.1, -0.05) is 36.8 Å². The Hall–Kier alpha value is -1.98. The maximum absolute atomic E-state index is 14.1. The molecule has 5 heteroatoms. The lowest BCUT2D eigenvalue weighted by molar-refractivity contribution is -0.150. The summed E-state index contributed by atoms with van der Waals surface area (Å²) in [6.07, 6.45) is 6.73. The van der Waals surface area contributed by atoms with Crippen LogP contribution in [0.25, 0.3) is 0 Å². The van der Waals surface area contributed by atoms with Gasteiger partial charge in [0.2, 0.25) is 0 Å². The third kappa shape index (κ3) is 1.96. The minimum absolute atomic E-state index is 0.119. The highest BCUT2D eigenvalue weighted by atomic mass is 19.1. The maximum atomic E-state index is 14.1. The lowest BCUT2D eigenvalue weighted by Crippen LogP contribution is -2.48. The number of hydrogen-bond donors (Lipinski definition) is 1. The van der Waals surface area contributed by atoms with E-state index in [1.165, 1.54) is 12.1 Å². The number of aliphatic hydroxyl groups excluding tert-OH is 1. The third-order valence-corrected chi connectivity index (χ3v) is 6.22. The Bertz CT molecular complexity index is 817. The largest absolute Gasteiger partial charge is 0.449 e. The summed E-state index contributed by atoms with van der Waals surface area (Å²) in [5, 5.41) is 10.8. The van der Waals surface area contributed by atoms with Crippen molar-refractivity contribution >= 4 is 5.97 Å². The molecule has 25 heavy (non-hydrogen) atoms. The van der Waals surface area contributed by atoms with Crippen LogP contribution in [0.3, 0.4) is 0 Å². The summed E-state index contributed by atoms with van der Waals surface area (Å²) < 4.78 is 20.1. The fourth-order valence-electron chi connectivity index (χ4n) is 5.16. The predicted octanol–water partition coefficient (Wildman–Crippen LogP) is 2.65. The molecule has 2 saturated heterocycles. The number of fused-ring (bicyclic) bond motifs is 3. The van der Waals surface area contributed by atoms with E-state index in [9.17, 15) is 14.3 Å². The zero-order chi connectivity index (χ0) is 17.2. The first-order valence-corrected chi connectivity index (χ1v) is 8.96. The van der Waals surface area contributed by atoms with E-state index < -0.39 is 23.5 Å².